The molecule has 0 aliphatic heterocycles. The summed E-state index contributed by atoms with van der Waals surface area (Å²) < 4.78 is 5.11. The molecule has 24 heavy (non-hydrogen) atoms. The molecule has 1 aromatic rings. The fourth-order valence-electron chi connectivity index (χ4n) is 2.96. The van der Waals surface area contributed by atoms with E-state index >= 15 is 0 Å². The lowest BCUT2D eigenvalue weighted by Crippen LogP contribution is -2.54. The molecule has 1 aromatic carbocycles. The molecule has 0 spiro atoms. The number of hydrogen-bond acceptors (Lipinski definition) is 5. The summed E-state index contributed by atoms with van der Waals surface area (Å²) in [6, 6.07) is 5.20. The third-order valence-corrected chi connectivity index (χ3v) is 4.17. The predicted octanol–water partition coefficient (Wildman–Crippen LogP) is 1.64. The van der Waals surface area contributed by atoms with Crippen molar-refractivity contribution in [2.75, 3.05) is 0 Å². The first-order valence-electron chi connectivity index (χ1n) is 7.31. The standard InChI is InChI=1S/C16H16O8/c17-12(18)9-5-1-2-6-10(9)14(21)24-16(15(22)23)8-4-3-7-11(16)13(19)20/h1-2,5-6,11H,3-4,7-8H2,(H,17,18)(H,19,20)(H,22,23). The zero-order chi connectivity index (χ0) is 17.9. The lowest BCUT2D eigenvalue weighted by Gasteiger charge is -2.37. The third-order valence-electron chi connectivity index (χ3n) is 4.17. The first-order chi connectivity index (χ1) is 11.3. The molecule has 1 aliphatic rings. The minimum atomic E-state index is -2.20. The highest BCUT2D eigenvalue weighted by molar-refractivity contribution is 6.03. The van der Waals surface area contributed by atoms with E-state index in [9.17, 15) is 29.4 Å². The minimum Gasteiger partial charge on any atom is -0.481 e. The first kappa shape index (κ1) is 17.5. The molecule has 2 rings (SSSR count). The maximum atomic E-state index is 12.4. The van der Waals surface area contributed by atoms with Gasteiger partial charge >= 0.3 is 23.9 Å². The Morgan fingerprint density at radius 3 is 2.17 bits per heavy atom. The fraction of sp³-hybridized carbons (Fsp3) is 0.375. The van der Waals surface area contributed by atoms with Crippen molar-refractivity contribution in [3.63, 3.8) is 0 Å². The fourth-order valence-corrected chi connectivity index (χ4v) is 2.96. The number of carbonyl (C=O) groups excluding carboxylic acids is 1. The van der Waals surface area contributed by atoms with Gasteiger partial charge in [0, 0.05) is 0 Å². The Morgan fingerprint density at radius 2 is 1.62 bits per heavy atom. The molecule has 3 N–H and O–H groups in total. The van der Waals surface area contributed by atoms with Crippen LogP contribution >= 0.6 is 0 Å². The van der Waals surface area contributed by atoms with Gasteiger partial charge in [-0.3, -0.25) is 4.79 Å². The van der Waals surface area contributed by atoms with Crippen molar-refractivity contribution in [3.05, 3.63) is 35.4 Å². The topological polar surface area (TPSA) is 138 Å². The van der Waals surface area contributed by atoms with Crippen LogP contribution in [0.25, 0.3) is 0 Å². The van der Waals surface area contributed by atoms with E-state index in [1.54, 1.807) is 0 Å². The van der Waals surface area contributed by atoms with Gasteiger partial charge < -0.3 is 20.1 Å². The number of carboxylic acids is 3. The molecule has 2 unspecified atom stereocenters. The summed E-state index contributed by atoms with van der Waals surface area (Å²) in [5, 5.41) is 27.9. The van der Waals surface area contributed by atoms with E-state index in [1.807, 2.05) is 0 Å². The van der Waals surface area contributed by atoms with Gasteiger partial charge in [0.15, 0.2) is 0 Å². The molecular formula is C16H16O8. The first-order valence-corrected chi connectivity index (χ1v) is 7.31. The SMILES string of the molecule is O=C(O)c1ccccc1C(=O)OC1(C(=O)O)CCCCC1C(=O)O. The van der Waals surface area contributed by atoms with Crippen molar-refractivity contribution in [3.8, 4) is 0 Å². The largest absolute Gasteiger partial charge is 0.481 e. The second kappa shape index (κ2) is 6.69. The number of aliphatic carboxylic acids is 2. The van der Waals surface area contributed by atoms with Crippen LogP contribution in [0.5, 0.6) is 0 Å². The highest BCUT2D eigenvalue weighted by atomic mass is 16.6. The number of esters is 1. The number of benzene rings is 1. The van der Waals surface area contributed by atoms with E-state index in [-0.39, 0.29) is 24.0 Å². The summed E-state index contributed by atoms with van der Waals surface area (Å²) in [4.78, 5) is 46.7. The maximum Gasteiger partial charge on any atom is 0.349 e. The number of rotatable bonds is 5. The maximum absolute atomic E-state index is 12.4. The molecule has 8 heteroatoms. The lowest BCUT2D eigenvalue weighted by atomic mass is 9.75. The Hall–Kier alpha value is -2.90. The van der Waals surface area contributed by atoms with Crippen molar-refractivity contribution in [2.45, 2.75) is 31.3 Å². The molecule has 0 amide bonds. The van der Waals surface area contributed by atoms with E-state index < -0.39 is 35.4 Å². The molecular weight excluding hydrogens is 320 g/mol. The van der Waals surface area contributed by atoms with Crippen LogP contribution < -0.4 is 0 Å². The van der Waals surface area contributed by atoms with E-state index in [0.717, 1.165) is 0 Å². The van der Waals surface area contributed by atoms with Crippen LogP contribution in [0.2, 0.25) is 0 Å². The van der Waals surface area contributed by atoms with Crippen molar-refractivity contribution in [1.82, 2.24) is 0 Å². The van der Waals surface area contributed by atoms with Gasteiger partial charge in [-0.1, -0.05) is 18.6 Å². The third kappa shape index (κ3) is 3.08. The summed E-state index contributed by atoms with van der Waals surface area (Å²) in [6.45, 7) is 0. The molecule has 0 saturated heterocycles. The van der Waals surface area contributed by atoms with Gasteiger partial charge in [0.2, 0.25) is 5.60 Å². The Bertz CT molecular complexity index is 695. The van der Waals surface area contributed by atoms with Gasteiger partial charge in [-0.2, -0.15) is 0 Å². The van der Waals surface area contributed by atoms with Gasteiger partial charge in [0.05, 0.1) is 11.1 Å². The number of carbonyl (C=O) groups is 4. The van der Waals surface area contributed by atoms with Crippen molar-refractivity contribution >= 4 is 23.9 Å². The van der Waals surface area contributed by atoms with Crippen molar-refractivity contribution in [2.24, 2.45) is 5.92 Å². The molecule has 8 nitrogen and oxygen atoms in total. The molecule has 0 aromatic heterocycles. The van der Waals surface area contributed by atoms with Gasteiger partial charge in [0.25, 0.3) is 0 Å². The predicted molar refractivity (Wildman–Crippen MR) is 78.8 cm³/mol. The number of ether oxygens (including phenoxy) is 1. The average molecular weight is 336 g/mol. The summed E-state index contributed by atoms with van der Waals surface area (Å²) >= 11 is 0. The van der Waals surface area contributed by atoms with Crippen LogP contribution in [-0.4, -0.2) is 44.8 Å². The van der Waals surface area contributed by atoms with Crippen LogP contribution in [-0.2, 0) is 14.3 Å². The second-order valence-corrected chi connectivity index (χ2v) is 5.57. The van der Waals surface area contributed by atoms with E-state index in [0.29, 0.717) is 12.8 Å². The summed E-state index contributed by atoms with van der Waals surface area (Å²) in [5.74, 6) is -6.83. The Morgan fingerprint density at radius 1 is 1.00 bits per heavy atom. The van der Waals surface area contributed by atoms with Crippen LogP contribution in [0.1, 0.15) is 46.4 Å². The number of carboxylic acid groups (broad SMARTS) is 3. The molecule has 1 aliphatic carbocycles. The van der Waals surface area contributed by atoms with Crippen LogP contribution in [0.3, 0.4) is 0 Å². The smallest absolute Gasteiger partial charge is 0.349 e. The Labute approximate surface area is 136 Å². The van der Waals surface area contributed by atoms with Crippen LogP contribution in [0.4, 0.5) is 0 Å². The summed E-state index contributed by atoms with van der Waals surface area (Å²) in [6.07, 6.45) is 0.828. The molecule has 0 heterocycles. The number of hydrogen-bond donors (Lipinski definition) is 3. The van der Waals surface area contributed by atoms with Gasteiger partial charge in [-0.15, -0.1) is 0 Å². The zero-order valence-corrected chi connectivity index (χ0v) is 12.6. The molecule has 0 radical (unpaired) electrons. The second-order valence-electron chi connectivity index (χ2n) is 5.57. The average Bonchev–Trinajstić information content (AvgIpc) is 2.54. The minimum absolute atomic E-state index is 0.0650. The normalized spacial score (nSPS) is 23.2. The Balaban J connectivity index is 2.41. The highest BCUT2D eigenvalue weighted by Gasteiger charge is 2.54. The summed E-state index contributed by atoms with van der Waals surface area (Å²) in [5.41, 5.74) is -2.86. The summed E-state index contributed by atoms with van der Waals surface area (Å²) in [7, 11) is 0. The molecule has 1 saturated carbocycles. The van der Waals surface area contributed by atoms with E-state index in [1.165, 1.54) is 24.3 Å². The van der Waals surface area contributed by atoms with Gasteiger partial charge in [0.1, 0.15) is 5.92 Å². The zero-order valence-electron chi connectivity index (χ0n) is 12.6. The van der Waals surface area contributed by atoms with E-state index in [2.05, 4.69) is 0 Å². The number of aromatic carboxylic acids is 1. The van der Waals surface area contributed by atoms with E-state index in [4.69, 9.17) is 9.84 Å². The van der Waals surface area contributed by atoms with Gasteiger partial charge in [-0.25, -0.2) is 14.4 Å². The molecule has 0 bridgehead atoms. The highest BCUT2D eigenvalue weighted by Crippen LogP contribution is 2.38. The van der Waals surface area contributed by atoms with Crippen LogP contribution in [0.15, 0.2) is 24.3 Å². The molecule has 128 valence electrons. The quantitative estimate of drug-likeness (QED) is 0.690. The monoisotopic (exact) mass is 336 g/mol. The Kier molecular flexibility index (Phi) is 4.87. The molecule has 2 atom stereocenters. The van der Waals surface area contributed by atoms with Crippen LogP contribution in [0, 0.1) is 5.92 Å². The van der Waals surface area contributed by atoms with Crippen molar-refractivity contribution < 1.29 is 39.2 Å². The van der Waals surface area contributed by atoms with Gasteiger partial charge in [-0.05, 0) is 31.4 Å². The van der Waals surface area contributed by atoms with Crippen molar-refractivity contribution in [1.29, 1.82) is 0 Å². The molecule has 1 fully saturated rings. The lowest BCUT2D eigenvalue weighted by molar-refractivity contribution is -0.179.